The zero-order valence-corrected chi connectivity index (χ0v) is 15.2. The number of anilines is 2. The van der Waals surface area contributed by atoms with E-state index in [0.717, 1.165) is 41.1 Å². The van der Waals surface area contributed by atoms with Gasteiger partial charge in [0.15, 0.2) is 0 Å². The molecule has 3 heterocycles. The second-order valence-electron chi connectivity index (χ2n) is 6.57. The number of thiophene rings is 1. The van der Waals surface area contributed by atoms with Crippen molar-refractivity contribution in [1.82, 2.24) is 9.97 Å². The number of nitrogens with two attached hydrogens (primary N) is 1. The Labute approximate surface area is 156 Å². The SMILES string of the molecule is NC(=O)[C@@H]1CCCN(c2ccc(CNc3ncnc4sccc34)cc2)C1. The quantitative estimate of drug-likeness (QED) is 0.724. The van der Waals surface area contributed by atoms with Crippen LogP contribution in [0.1, 0.15) is 18.4 Å². The molecule has 0 unspecified atom stereocenters. The summed E-state index contributed by atoms with van der Waals surface area (Å²) >= 11 is 1.61. The number of fused-ring (bicyclic) bond motifs is 1. The fraction of sp³-hybridized carbons (Fsp3) is 0.316. The van der Waals surface area contributed by atoms with Crippen molar-refractivity contribution in [3.8, 4) is 0 Å². The molecule has 1 aromatic carbocycles. The molecule has 26 heavy (non-hydrogen) atoms. The highest BCUT2D eigenvalue weighted by atomic mass is 32.1. The molecule has 1 aliphatic rings. The molecule has 7 heteroatoms. The number of piperidine rings is 1. The highest BCUT2D eigenvalue weighted by molar-refractivity contribution is 7.16. The summed E-state index contributed by atoms with van der Waals surface area (Å²) in [4.78, 5) is 23.3. The van der Waals surface area contributed by atoms with Gasteiger partial charge in [-0.1, -0.05) is 12.1 Å². The monoisotopic (exact) mass is 367 g/mol. The molecular formula is C19H21N5OS. The summed E-state index contributed by atoms with van der Waals surface area (Å²) in [6, 6.07) is 10.5. The fourth-order valence-electron chi connectivity index (χ4n) is 3.39. The van der Waals surface area contributed by atoms with E-state index in [0.29, 0.717) is 13.1 Å². The smallest absolute Gasteiger partial charge is 0.222 e. The predicted molar refractivity (Wildman–Crippen MR) is 105 cm³/mol. The van der Waals surface area contributed by atoms with Gasteiger partial charge in [0.1, 0.15) is 17.0 Å². The minimum atomic E-state index is -0.194. The molecular weight excluding hydrogens is 346 g/mol. The van der Waals surface area contributed by atoms with E-state index in [1.54, 1.807) is 17.7 Å². The van der Waals surface area contributed by atoms with Crippen LogP contribution in [0, 0.1) is 5.92 Å². The number of nitrogens with zero attached hydrogens (tertiary/aromatic N) is 3. The highest BCUT2D eigenvalue weighted by Gasteiger charge is 2.23. The number of carbonyl (C=O) groups excluding carboxylic acids is 1. The lowest BCUT2D eigenvalue weighted by molar-refractivity contribution is -0.122. The van der Waals surface area contributed by atoms with E-state index < -0.39 is 0 Å². The number of amides is 1. The van der Waals surface area contributed by atoms with Crippen LogP contribution in [0.4, 0.5) is 11.5 Å². The van der Waals surface area contributed by atoms with Crippen molar-refractivity contribution in [2.45, 2.75) is 19.4 Å². The molecule has 2 aromatic heterocycles. The molecule has 134 valence electrons. The van der Waals surface area contributed by atoms with Gasteiger partial charge in [-0.3, -0.25) is 4.79 Å². The molecule has 0 bridgehead atoms. The van der Waals surface area contributed by atoms with Crippen molar-refractivity contribution in [1.29, 1.82) is 0 Å². The molecule has 0 saturated carbocycles. The van der Waals surface area contributed by atoms with Crippen molar-refractivity contribution < 1.29 is 4.79 Å². The number of aromatic nitrogens is 2. The average molecular weight is 367 g/mol. The second kappa shape index (κ2) is 7.29. The topological polar surface area (TPSA) is 84.1 Å². The van der Waals surface area contributed by atoms with Gasteiger partial charge in [-0.05, 0) is 42.0 Å². The van der Waals surface area contributed by atoms with Gasteiger partial charge in [-0.15, -0.1) is 11.3 Å². The number of nitrogens with one attached hydrogen (secondary N) is 1. The lowest BCUT2D eigenvalue weighted by Crippen LogP contribution is -2.41. The molecule has 6 nitrogen and oxygen atoms in total. The summed E-state index contributed by atoms with van der Waals surface area (Å²) in [5, 5.41) is 6.47. The Morgan fingerprint density at radius 1 is 1.27 bits per heavy atom. The molecule has 3 aromatic rings. The second-order valence-corrected chi connectivity index (χ2v) is 7.46. The average Bonchev–Trinajstić information content (AvgIpc) is 3.16. The number of hydrogen-bond donors (Lipinski definition) is 2. The van der Waals surface area contributed by atoms with Crippen LogP contribution < -0.4 is 16.0 Å². The van der Waals surface area contributed by atoms with Gasteiger partial charge in [0.25, 0.3) is 0 Å². The summed E-state index contributed by atoms with van der Waals surface area (Å²) in [5.74, 6) is 0.622. The number of rotatable bonds is 5. The molecule has 4 rings (SSSR count). The van der Waals surface area contributed by atoms with E-state index in [2.05, 4.69) is 44.5 Å². The molecule has 1 atom stereocenters. The van der Waals surface area contributed by atoms with Crippen molar-refractivity contribution in [3.63, 3.8) is 0 Å². The van der Waals surface area contributed by atoms with Gasteiger partial charge in [0.05, 0.1) is 11.3 Å². The third kappa shape index (κ3) is 3.48. The lowest BCUT2D eigenvalue weighted by Gasteiger charge is -2.33. The van der Waals surface area contributed by atoms with Crippen LogP contribution in [0.3, 0.4) is 0 Å². The zero-order valence-electron chi connectivity index (χ0n) is 14.4. The Kier molecular flexibility index (Phi) is 4.71. The van der Waals surface area contributed by atoms with Gasteiger partial charge in [-0.2, -0.15) is 0 Å². The molecule has 1 amide bonds. The van der Waals surface area contributed by atoms with Gasteiger partial charge in [0, 0.05) is 25.3 Å². The summed E-state index contributed by atoms with van der Waals surface area (Å²) in [6.07, 6.45) is 3.49. The zero-order chi connectivity index (χ0) is 17.9. The minimum Gasteiger partial charge on any atom is -0.371 e. The van der Waals surface area contributed by atoms with Crippen LogP contribution in [-0.4, -0.2) is 29.0 Å². The van der Waals surface area contributed by atoms with Crippen molar-refractivity contribution in [2.24, 2.45) is 11.7 Å². The first-order valence-corrected chi connectivity index (χ1v) is 9.64. The molecule has 3 N–H and O–H groups in total. The van der Waals surface area contributed by atoms with Gasteiger partial charge >= 0.3 is 0 Å². The summed E-state index contributed by atoms with van der Waals surface area (Å²) in [5.41, 5.74) is 7.80. The molecule has 1 fully saturated rings. The summed E-state index contributed by atoms with van der Waals surface area (Å²) in [6.45, 7) is 2.38. The third-order valence-corrected chi connectivity index (χ3v) is 5.67. The number of primary amides is 1. The van der Waals surface area contributed by atoms with Gasteiger partial charge in [-0.25, -0.2) is 9.97 Å². The Balaban J connectivity index is 1.41. The van der Waals surface area contributed by atoms with Crippen LogP contribution >= 0.6 is 11.3 Å². The van der Waals surface area contributed by atoms with E-state index in [1.165, 1.54) is 5.56 Å². The van der Waals surface area contributed by atoms with Crippen LogP contribution in [0.2, 0.25) is 0 Å². The van der Waals surface area contributed by atoms with E-state index in [-0.39, 0.29) is 11.8 Å². The van der Waals surface area contributed by atoms with E-state index in [1.807, 2.05) is 11.4 Å². The first kappa shape index (κ1) is 16.8. The molecule has 0 aliphatic carbocycles. The number of hydrogen-bond acceptors (Lipinski definition) is 6. The standard InChI is InChI=1S/C19H21N5OS/c20-17(25)14-2-1-8-24(11-14)15-5-3-13(4-6-15)10-21-18-16-7-9-26-19(16)23-12-22-18/h3-7,9,12,14H,1-2,8,10-11H2,(H2,20,25)(H,21,22,23)/t14-/m1/s1. The van der Waals surface area contributed by atoms with Crippen LogP contribution in [0.5, 0.6) is 0 Å². The third-order valence-electron chi connectivity index (χ3n) is 4.85. The first-order chi connectivity index (χ1) is 12.7. The van der Waals surface area contributed by atoms with Crippen LogP contribution in [0.25, 0.3) is 10.2 Å². The molecule has 1 aliphatic heterocycles. The summed E-state index contributed by atoms with van der Waals surface area (Å²) < 4.78 is 0. The predicted octanol–water partition coefficient (Wildman–Crippen LogP) is 3.01. The number of carbonyl (C=O) groups is 1. The first-order valence-electron chi connectivity index (χ1n) is 8.76. The van der Waals surface area contributed by atoms with Crippen molar-refractivity contribution in [2.75, 3.05) is 23.3 Å². The molecule has 0 radical (unpaired) electrons. The maximum absolute atomic E-state index is 11.5. The van der Waals surface area contributed by atoms with Crippen LogP contribution in [0.15, 0.2) is 42.0 Å². The minimum absolute atomic E-state index is 0.0455. The van der Waals surface area contributed by atoms with E-state index in [4.69, 9.17) is 5.73 Å². The van der Waals surface area contributed by atoms with Gasteiger partial charge in [0.2, 0.25) is 5.91 Å². The van der Waals surface area contributed by atoms with Gasteiger partial charge < -0.3 is 16.0 Å². The molecule has 0 spiro atoms. The molecule has 1 saturated heterocycles. The van der Waals surface area contributed by atoms with E-state index in [9.17, 15) is 4.79 Å². The summed E-state index contributed by atoms with van der Waals surface area (Å²) in [7, 11) is 0. The maximum Gasteiger partial charge on any atom is 0.222 e. The Morgan fingerprint density at radius 2 is 2.12 bits per heavy atom. The Hall–Kier alpha value is -2.67. The van der Waals surface area contributed by atoms with Crippen LogP contribution in [-0.2, 0) is 11.3 Å². The normalized spacial score (nSPS) is 17.4. The Morgan fingerprint density at radius 3 is 2.92 bits per heavy atom. The largest absolute Gasteiger partial charge is 0.371 e. The van der Waals surface area contributed by atoms with E-state index >= 15 is 0 Å². The van der Waals surface area contributed by atoms with Crippen molar-refractivity contribution >= 4 is 39.0 Å². The number of benzene rings is 1. The fourth-order valence-corrected chi connectivity index (χ4v) is 4.12. The van der Waals surface area contributed by atoms with Crippen molar-refractivity contribution in [3.05, 3.63) is 47.6 Å². The maximum atomic E-state index is 11.5. The highest BCUT2D eigenvalue weighted by Crippen LogP contribution is 2.25. The Bertz CT molecular complexity index is 908. The lowest BCUT2D eigenvalue weighted by atomic mass is 9.97.